The molecule has 6 nitrogen and oxygen atoms in total. The molecule has 1 aliphatic heterocycles. The van der Waals surface area contributed by atoms with E-state index in [0.29, 0.717) is 6.42 Å². The predicted molar refractivity (Wildman–Crippen MR) is 109 cm³/mol. The van der Waals surface area contributed by atoms with Crippen LogP contribution in [0, 0.1) is 0 Å². The molecule has 2 N–H and O–H groups in total. The third-order valence-corrected chi connectivity index (χ3v) is 5.20. The number of hydrogen-bond acceptors (Lipinski definition) is 4. The number of amides is 1. The number of benzene rings is 1. The second kappa shape index (κ2) is 7.80. The van der Waals surface area contributed by atoms with E-state index in [-0.39, 0.29) is 5.91 Å². The van der Waals surface area contributed by atoms with E-state index >= 15 is 0 Å². The highest BCUT2D eigenvalue weighted by atomic mass is 16.1. The van der Waals surface area contributed by atoms with Gasteiger partial charge in [0.1, 0.15) is 5.82 Å². The first kappa shape index (κ1) is 17.5. The summed E-state index contributed by atoms with van der Waals surface area (Å²) < 4.78 is 0. The van der Waals surface area contributed by atoms with Crippen LogP contribution in [0.15, 0.2) is 48.8 Å². The lowest BCUT2D eigenvalue weighted by molar-refractivity contribution is -0.115. The second-order valence-electron chi connectivity index (χ2n) is 6.91. The van der Waals surface area contributed by atoms with E-state index < -0.39 is 0 Å². The number of carbonyl (C=O) groups is 1. The van der Waals surface area contributed by atoms with Crippen molar-refractivity contribution in [3.63, 3.8) is 0 Å². The van der Waals surface area contributed by atoms with E-state index in [9.17, 15) is 4.79 Å². The van der Waals surface area contributed by atoms with E-state index in [1.165, 1.54) is 0 Å². The van der Waals surface area contributed by atoms with Crippen molar-refractivity contribution >= 4 is 28.3 Å². The van der Waals surface area contributed by atoms with Gasteiger partial charge >= 0.3 is 0 Å². The molecule has 0 spiro atoms. The fraction of sp³-hybridized carbons (Fsp3) is 0.333. The van der Waals surface area contributed by atoms with Crippen LogP contribution in [-0.2, 0) is 11.2 Å². The number of hydrogen-bond donors (Lipinski definition) is 2. The van der Waals surface area contributed by atoms with Gasteiger partial charge in [-0.3, -0.25) is 4.79 Å². The summed E-state index contributed by atoms with van der Waals surface area (Å²) in [4.78, 5) is 24.9. The summed E-state index contributed by atoms with van der Waals surface area (Å²) in [6.45, 7) is 7.42. The second-order valence-corrected chi connectivity index (χ2v) is 6.91. The van der Waals surface area contributed by atoms with E-state index in [4.69, 9.17) is 0 Å². The number of aromatic amines is 1. The summed E-state index contributed by atoms with van der Waals surface area (Å²) in [6.07, 6.45) is 3.99. The van der Waals surface area contributed by atoms with E-state index in [1.54, 1.807) is 6.20 Å². The Labute approximate surface area is 159 Å². The third-order valence-electron chi connectivity index (χ3n) is 5.20. The Balaban J connectivity index is 1.36. The van der Waals surface area contributed by atoms with E-state index in [1.807, 2.05) is 42.6 Å². The van der Waals surface area contributed by atoms with E-state index in [0.717, 1.165) is 60.7 Å². The zero-order valence-corrected chi connectivity index (χ0v) is 15.6. The van der Waals surface area contributed by atoms with Crippen LogP contribution in [0.25, 0.3) is 10.9 Å². The monoisotopic (exact) mass is 363 g/mol. The number of fused-ring (bicyclic) bond motifs is 1. The number of para-hydroxylation sites is 1. The molecule has 1 aromatic carbocycles. The van der Waals surface area contributed by atoms with Crippen molar-refractivity contribution in [2.45, 2.75) is 13.3 Å². The number of H-pyrrole nitrogens is 1. The van der Waals surface area contributed by atoms with Crippen LogP contribution >= 0.6 is 0 Å². The van der Waals surface area contributed by atoms with Crippen LogP contribution in [0.1, 0.15) is 12.5 Å². The first-order chi connectivity index (χ1) is 13.2. The minimum atomic E-state index is -0.0362. The average Bonchev–Trinajstić information content (AvgIpc) is 3.11. The lowest BCUT2D eigenvalue weighted by atomic mass is 10.1. The highest BCUT2D eigenvalue weighted by Crippen LogP contribution is 2.19. The molecule has 6 heteroatoms. The quantitative estimate of drug-likeness (QED) is 0.732. The fourth-order valence-electron chi connectivity index (χ4n) is 3.60. The number of carbonyl (C=O) groups excluding carboxylic acids is 1. The molecule has 1 amide bonds. The van der Waals surface area contributed by atoms with Crippen molar-refractivity contribution in [3.05, 3.63) is 54.4 Å². The molecule has 0 saturated carbocycles. The lowest BCUT2D eigenvalue weighted by Crippen LogP contribution is -2.46. The molecule has 2 aromatic heterocycles. The molecule has 1 fully saturated rings. The number of piperazine rings is 1. The first-order valence-electron chi connectivity index (χ1n) is 9.51. The normalized spacial score (nSPS) is 15.2. The topological polar surface area (TPSA) is 64.3 Å². The van der Waals surface area contributed by atoms with Crippen LogP contribution in [-0.4, -0.2) is 53.5 Å². The maximum Gasteiger partial charge on any atom is 0.228 e. The van der Waals surface area contributed by atoms with Crippen molar-refractivity contribution < 1.29 is 4.79 Å². The van der Waals surface area contributed by atoms with Gasteiger partial charge in [-0.1, -0.05) is 25.1 Å². The van der Waals surface area contributed by atoms with Crippen molar-refractivity contribution in [2.24, 2.45) is 0 Å². The molecule has 4 rings (SSSR count). The number of likely N-dealkylation sites (N-methyl/N-ethyl adjacent to an activating group) is 1. The Morgan fingerprint density at radius 2 is 1.96 bits per heavy atom. The van der Waals surface area contributed by atoms with Crippen LogP contribution < -0.4 is 10.2 Å². The maximum atomic E-state index is 12.4. The minimum Gasteiger partial charge on any atom is -0.361 e. The van der Waals surface area contributed by atoms with Crippen LogP contribution in [0.4, 0.5) is 11.5 Å². The maximum absolute atomic E-state index is 12.4. The summed E-state index contributed by atoms with van der Waals surface area (Å²) in [5.41, 5.74) is 2.78. The number of rotatable bonds is 5. The third kappa shape index (κ3) is 3.95. The van der Waals surface area contributed by atoms with Crippen LogP contribution in [0.3, 0.4) is 0 Å². The highest BCUT2D eigenvalue weighted by Gasteiger charge is 2.16. The van der Waals surface area contributed by atoms with Gasteiger partial charge in [0, 0.05) is 43.3 Å². The Bertz CT molecular complexity index is 910. The predicted octanol–water partition coefficient (Wildman–Crippen LogP) is 2.89. The van der Waals surface area contributed by atoms with Gasteiger partial charge in [-0.05, 0) is 30.3 Å². The molecular formula is C21H25N5O. The number of nitrogens with one attached hydrogen (secondary N) is 2. The Morgan fingerprint density at radius 1 is 1.15 bits per heavy atom. The number of pyridine rings is 1. The first-order valence-corrected chi connectivity index (χ1v) is 9.51. The van der Waals surface area contributed by atoms with Gasteiger partial charge in [0.15, 0.2) is 0 Å². The standard InChI is InChI=1S/C21H25N5O/c1-2-25-9-11-26(12-10-25)20-8-7-17(15-23-20)24-21(27)13-16-14-22-19-6-4-3-5-18(16)19/h3-8,14-15,22H,2,9-13H2,1H3,(H,24,27). The van der Waals surface area contributed by atoms with Crippen molar-refractivity contribution in [3.8, 4) is 0 Å². The molecule has 0 unspecified atom stereocenters. The number of nitrogens with zero attached hydrogens (tertiary/aromatic N) is 3. The van der Waals surface area contributed by atoms with Gasteiger partial charge in [0.2, 0.25) is 5.91 Å². The van der Waals surface area contributed by atoms with Crippen molar-refractivity contribution in [2.75, 3.05) is 42.9 Å². The summed E-state index contributed by atoms with van der Waals surface area (Å²) in [7, 11) is 0. The van der Waals surface area contributed by atoms with Gasteiger partial charge < -0.3 is 20.1 Å². The molecule has 0 bridgehead atoms. The van der Waals surface area contributed by atoms with Gasteiger partial charge in [0.25, 0.3) is 0 Å². The summed E-state index contributed by atoms with van der Waals surface area (Å²) >= 11 is 0. The minimum absolute atomic E-state index is 0.0362. The van der Waals surface area contributed by atoms with Gasteiger partial charge in [0.05, 0.1) is 18.3 Å². The SMILES string of the molecule is CCN1CCN(c2ccc(NC(=O)Cc3c[nH]c4ccccc34)cn2)CC1. The largest absolute Gasteiger partial charge is 0.361 e. The zero-order chi connectivity index (χ0) is 18.6. The molecular weight excluding hydrogens is 338 g/mol. The summed E-state index contributed by atoms with van der Waals surface area (Å²) in [6, 6.07) is 11.9. The molecule has 1 saturated heterocycles. The van der Waals surface area contributed by atoms with E-state index in [2.05, 4.69) is 32.0 Å². The number of aromatic nitrogens is 2. The number of anilines is 2. The Kier molecular flexibility index (Phi) is 5.07. The molecule has 27 heavy (non-hydrogen) atoms. The molecule has 3 aromatic rings. The Hall–Kier alpha value is -2.86. The molecule has 0 aliphatic carbocycles. The smallest absolute Gasteiger partial charge is 0.228 e. The molecule has 0 radical (unpaired) electrons. The molecule has 140 valence electrons. The van der Waals surface area contributed by atoms with Crippen molar-refractivity contribution in [1.82, 2.24) is 14.9 Å². The molecule has 3 heterocycles. The summed E-state index contributed by atoms with van der Waals surface area (Å²) in [5.74, 6) is 0.936. The zero-order valence-electron chi connectivity index (χ0n) is 15.6. The van der Waals surface area contributed by atoms with Crippen LogP contribution in [0.2, 0.25) is 0 Å². The molecule has 0 atom stereocenters. The summed E-state index contributed by atoms with van der Waals surface area (Å²) in [5, 5.41) is 4.04. The Morgan fingerprint density at radius 3 is 2.70 bits per heavy atom. The van der Waals surface area contributed by atoms with Crippen LogP contribution in [0.5, 0.6) is 0 Å². The molecule has 1 aliphatic rings. The fourth-order valence-corrected chi connectivity index (χ4v) is 3.60. The average molecular weight is 363 g/mol. The van der Waals surface area contributed by atoms with Gasteiger partial charge in [-0.25, -0.2) is 4.98 Å². The van der Waals surface area contributed by atoms with Gasteiger partial charge in [-0.2, -0.15) is 0 Å². The lowest BCUT2D eigenvalue weighted by Gasteiger charge is -2.34. The highest BCUT2D eigenvalue weighted by molar-refractivity contribution is 5.95. The van der Waals surface area contributed by atoms with Crippen molar-refractivity contribution in [1.29, 1.82) is 0 Å². The van der Waals surface area contributed by atoms with Gasteiger partial charge in [-0.15, -0.1) is 0 Å².